The van der Waals surface area contributed by atoms with Crippen LogP contribution in [0, 0.1) is 0 Å². The Morgan fingerprint density at radius 1 is 1.28 bits per heavy atom. The van der Waals surface area contributed by atoms with Crippen LogP contribution in [-0.4, -0.2) is 44.8 Å². The van der Waals surface area contributed by atoms with E-state index in [1.807, 2.05) is 0 Å². The number of carbonyl (C=O) groups excluding carboxylic acids is 1. The molecule has 18 heavy (non-hydrogen) atoms. The first-order valence-electron chi connectivity index (χ1n) is 5.93. The van der Waals surface area contributed by atoms with Crippen LogP contribution in [-0.2, 0) is 0 Å². The maximum absolute atomic E-state index is 12.1. The Kier molecular flexibility index (Phi) is 3.17. The average molecular weight is 251 g/mol. The second-order valence-electron chi connectivity index (χ2n) is 4.99. The molecule has 1 aromatic rings. The van der Waals surface area contributed by atoms with Crippen molar-refractivity contribution in [3.8, 4) is 11.5 Å². The van der Waals surface area contributed by atoms with Gasteiger partial charge in [0.25, 0.3) is 5.91 Å². The summed E-state index contributed by atoms with van der Waals surface area (Å²) >= 11 is 0. The van der Waals surface area contributed by atoms with E-state index in [1.165, 1.54) is 12.1 Å². The molecule has 3 N–H and O–H groups in total. The lowest BCUT2D eigenvalue weighted by molar-refractivity contribution is -0.00207. The summed E-state index contributed by atoms with van der Waals surface area (Å²) in [4.78, 5) is 13.7. The molecule has 0 bridgehead atoms. The first-order valence-corrected chi connectivity index (χ1v) is 5.93. The summed E-state index contributed by atoms with van der Waals surface area (Å²) in [5, 5.41) is 28.6. The molecular formula is C13H17NO4. The van der Waals surface area contributed by atoms with Crippen molar-refractivity contribution in [2.24, 2.45) is 0 Å². The Bertz CT molecular complexity index is 460. The first kappa shape index (κ1) is 12.7. The van der Waals surface area contributed by atoms with E-state index in [0.29, 0.717) is 25.9 Å². The number of piperidine rings is 1. The number of hydrogen-bond acceptors (Lipinski definition) is 4. The van der Waals surface area contributed by atoms with Gasteiger partial charge in [0.2, 0.25) is 0 Å². The molecule has 0 unspecified atom stereocenters. The lowest BCUT2D eigenvalue weighted by atomic mass is 9.93. The number of aliphatic hydroxyl groups is 1. The molecule has 1 amide bonds. The van der Waals surface area contributed by atoms with Gasteiger partial charge in [0.1, 0.15) is 11.5 Å². The Labute approximate surface area is 105 Å². The fourth-order valence-corrected chi connectivity index (χ4v) is 2.06. The molecule has 1 aliphatic rings. The number of likely N-dealkylation sites (tertiary alicyclic amines) is 1. The highest BCUT2D eigenvalue weighted by Gasteiger charge is 2.30. The average Bonchev–Trinajstić information content (AvgIpc) is 2.28. The molecule has 2 rings (SSSR count). The van der Waals surface area contributed by atoms with Crippen molar-refractivity contribution >= 4 is 5.91 Å². The van der Waals surface area contributed by atoms with Crippen molar-refractivity contribution in [3.05, 3.63) is 23.8 Å². The van der Waals surface area contributed by atoms with Gasteiger partial charge in [-0.05, 0) is 31.9 Å². The van der Waals surface area contributed by atoms with Crippen LogP contribution in [0.2, 0.25) is 0 Å². The molecule has 0 saturated carbocycles. The summed E-state index contributed by atoms with van der Waals surface area (Å²) in [6, 6.07) is 3.92. The van der Waals surface area contributed by atoms with Crippen LogP contribution in [0.15, 0.2) is 18.2 Å². The molecular weight excluding hydrogens is 234 g/mol. The van der Waals surface area contributed by atoms with E-state index in [-0.39, 0.29) is 23.0 Å². The third kappa shape index (κ3) is 2.56. The van der Waals surface area contributed by atoms with E-state index >= 15 is 0 Å². The van der Waals surface area contributed by atoms with Crippen molar-refractivity contribution < 1.29 is 20.1 Å². The molecule has 0 atom stereocenters. The van der Waals surface area contributed by atoms with Crippen molar-refractivity contribution in [3.63, 3.8) is 0 Å². The minimum Gasteiger partial charge on any atom is -0.508 e. The normalized spacial score (nSPS) is 18.7. The molecule has 0 radical (unpaired) electrons. The van der Waals surface area contributed by atoms with Gasteiger partial charge in [-0.3, -0.25) is 4.79 Å². The zero-order chi connectivity index (χ0) is 13.3. The number of nitrogens with zero attached hydrogens (tertiary/aromatic N) is 1. The number of hydrogen-bond donors (Lipinski definition) is 3. The molecule has 5 nitrogen and oxygen atoms in total. The molecule has 1 aromatic carbocycles. The Morgan fingerprint density at radius 2 is 1.89 bits per heavy atom. The smallest absolute Gasteiger partial charge is 0.257 e. The van der Waals surface area contributed by atoms with Crippen LogP contribution >= 0.6 is 0 Å². The number of rotatable bonds is 1. The lowest BCUT2D eigenvalue weighted by Gasteiger charge is -2.35. The third-order valence-electron chi connectivity index (χ3n) is 3.34. The highest BCUT2D eigenvalue weighted by Crippen LogP contribution is 2.27. The number of amides is 1. The largest absolute Gasteiger partial charge is 0.508 e. The lowest BCUT2D eigenvalue weighted by Crippen LogP contribution is -2.45. The highest BCUT2D eigenvalue weighted by molar-refractivity contribution is 5.97. The number of aromatic hydroxyl groups is 2. The predicted octanol–water partition coefficient (Wildman–Crippen LogP) is 1.08. The van der Waals surface area contributed by atoms with E-state index in [2.05, 4.69) is 0 Å². The summed E-state index contributed by atoms with van der Waals surface area (Å²) in [6.45, 7) is 2.69. The molecule has 1 saturated heterocycles. The van der Waals surface area contributed by atoms with E-state index in [4.69, 9.17) is 0 Å². The highest BCUT2D eigenvalue weighted by atomic mass is 16.3. The van der Waals surface area contributed by atoms with Gasteiger partial charge in [-0.25, -0.2) is 0 Å². The Balaban J connectivity index is 2.13. The zero-order valence-corrected chi connectivity index (χ0v) is 10.3. The van der Waals surface area contributed by atoms with E-state index in [0.717, 1.165) is 6.07 Å². The van der Waals surface area contributed by atoms with Crippen LogP contribution in [0.3, 0.4) is 0 Å². The van der Waals surface area contributed by atoms with Crippen LogP contribution < -0.4 is 0 Å². The molecule has 1 heterocycles. The molecule has 0 aromatic heterocycles. The Hall–Kier alpha value is -1.75. The van der Waals surface area contributed by atoms with Crippen LogP contribution in [0.4, 0.5) is 0 Å². The first-order chi connectivity index (χ1) is 8.39. The van der Waals surface area contributed by atoms with Crippen LogP contribution in [0.25, 0.3) is 0 Å². The van der Waals surface area contributed by atoms with Gasteiger partial charge in [-0.2, -0.15) is 0 Å². The summed E-state index contributed by atoms with van der Waals surface area (Å²) < 4.78 is 0. The zero-order valence-electron chi connectivity index (χ0n) is 10.3. The SMILES string of the molecule is CC1(O)CCN(C(=O)c2ccc(O)cc2O)CC1. The van der Waals surface area contributed by atoms with Gasteiger partial charge in [0, 0.05) is 19.2 Å². The minimum absolute atomic E-state index is 0.0781. The van der Waals surface area contributed by atoms with E-state index in [9.17, 15) is 20.1 Å². The standard InChI is InChI=1S/C13H17NO4/c1-13(18)4-6-14(7-5-13)12(17)10-3-2-9(15)8-11(10)16/h2-3,8,15-16,18H,4-7H2,1H3. The summed E-state index contributed by atoms with van der Waals surface area (Å²) in [6.07, 6.45) is 1.05. The minimum atomic E-state index is -0.715. The topological polar surface area (TPSA) is 81.0 Å². The fourth-order valence-electron chi connectivity index (χ4n) is 2.06. The van der Waals surface area contributed by atoms with Gasteiger partial charge in [0.05, 0.1) is 11.2 Å². The second-order valence-corrected chi connectivity index (χ2v) is 4.99. The van der Waals surface area contributed by atoms with Crippen molar-refractivity contribution in [2.75, 3.05) is 13.1 Å². The van der Waals surface area contributed by atoms with Gasteiger partial charge < -0.3 is 20.2 Å². The molecule has 1 fully saturated rings. The third-order valence-corrected chi connectivity index (χ3v) is 3.34. The van der Waals surface area contributed by atoms with Gasteiger partial charge in [-0.1, -0.05) is 0 Å². The number of phenolic OH excluding ortho intramolecular Hbond substituents is 2. The van der Waals surface area contributed by atoms with E-state index in [1.54, 1.807) is 11.8 Å². The molecule has 5 heteroatoms. The fraction of sp³-hybridized carbons (Fsp3) is 0.462. The summed E-state index contributed by atoms with van der Waals surface area (Å²) in [7, 11) is 0. The maximum Gasteiger partial charge on any atom is 0.257 e. The van der Waals surface area contributed by atoms with Crippen LogP contribution in [0.1, 0.15) is 30.1 Å². The van der Waals surface area contributed by atoms with Gasteiger partial charge >= 0.3 is 0 Å². The van der Waals surface area contributed by atoms with Gasteiger partial charge in [0.15, 0.2) is 0 Å². The molecule has 0 aliphatic carbocycles. The monoisotopic (exact) mass is 251 g/mol. The van der Waals surface area contributed by atoms with Crippen molar-refractivity contribution in [1.29, 1.82) is 0 Å². The van der Waals surface area contributed by atoms with Crippen molar-refractivity contribution in [2.45, 2.75) is 25.4 Å². The predicted molar refractivity (Wildman–Crippen MR) is 65.5 cm³/mol. The summed E-state index contributed by atoms with van der Waals surface area (Å²) in [5.41, 5.74) is -0.539. The summed E-state index contributed by atoms with van der Waals surface area (Å²) in [5.74, 6) is -0.578. The van der Waals surface area contributed by atoms with Gasteiger partial charge in [-0.15, -0.1) is 0 Å². The molecule has 98 valence electrons. The quantitative estimate of drug-likeness (QED) is 0.697. The van der Waals surface area contributed by atoms with Crippen molar-refractivity contribution in [1.82, 2.24) is 4.90 Å². The molecule has 1 aliphatic heterocycles. The Morgan fingerprint density at radius 3 is 2.44 bits per heavy atom. The molecule has 0 spiro atoms. The number of phenols is 2. The maximum atomic E-state index is 12.1. The van der Waals surface area contributed by atoms with E-state index < -0.39 is 5.60 Å². The van der Waals surface area contributed by atoms with Crippen LogP contribution in [0.5, 0.6) is 11.5 Å². The number of carbonyl (C=O) groups is 1. The second kappa shape index (κ2) is 4.49. The number of benzene rings is 1.